The van der Waals surface area contributed by atoms with Crippen molar-refractivity contribution < 1.29 is 25.9 Å². The second-order valence-electron chi connectivity index (χ2n) is 9.26. The van der Waals surface area contributed by atoms with Crippen molar-refractivity contribution in [2.75, 3.05) is 0 Å². The summed E-state index contributed by atoms with van der Waals surface area (Å²) in [5, 5.41) is 3.72. The molecule has 3 aromatic carbocycles. The van der Waals surface area contributed by atoms with Gasteiger partial charge in [-0.2, -0.15) is 0 Å². The summed E-state index contributed by atoms with van der Waals surface area (Å²) in [6, 6.07) is 34.2. The molecule has 1 radical (unpaired) electrons. The molecule has 0 N–H and O–H groups in total. The van der Waals surface area contributed by atoms with Gasteiger partial charge < -0.3 is 14.4 Å². The first kappa shape index (κ1) is 24.3. The number of rotatable bonds is 3. The molecule has 6 rings (SSSR count). The number of hydrogen-bond donors (Lipinski definition) is 0. The number of aromatic nitrogens is 2. The number of furan rings is 1. The summed E-state index contributed by atoms with van der Waals surface area (Å²) in [5.74, 6) is 0. The van der Waals surface area contributed by atoms with Crippen LogP contribution in [-0.4, -0.2) is 18.0 Å². The number of fused-ring (bicyclic) bond motifs is 3. The molecule has 0 aliphatic rings. The van der Waals surface area contributed by atoms with Crippen LogP contribution in [0.2, 0.25) is 19.6 Å². The average Bonchev–Trinajstić information content (AvgIpc) is 3.28. The van der Waals surface area contributed by atoms with E-state index < -0.39 is 8.07 Å². The molecule has 5 heteroatoms. The summed E-state index contributed by atoms with van der Waals surface area (Å²) in [4.78, 5) is 8.62. The van der Waals surface area contributed by atoms with Crippen molar-refractivity contribution in [3.63, 3.8) is 0 Å². The van der Waals surface area contributed by atoms with Gasteiger partial charge in [-0.25, -0.2) is 0 Å². The predicted octanol–water partition coefficient (Wildman–Crippen LogP) is 7.54. The summed E-state index contributed by atoms with van der Waals surface area (Å²) in [6.07, 6.45) is 3.44. The van der Waals surface area contributed by atoms with E-state index in [0.29, 0.717) is 6.04 Å². The van der Waals surface area contributed by atoms with Crippen molar-refractivity contribution >= 4 is 35.2 Å². The van der Waals surface area contributed by atoms with Gasteiger partial charge in [-0.05, 0) is 29.6 Å². The van der Waals surface area contributed by atoms with E-state index in [1.807, 2.05) is 54.6 Å². The van der Waals surface area contributed by atoms with Gasteiger partial charge in [0.1, 0.15) is 5.58 Å². The normalized spacial score (nSPS) is 11.4. The Bertz CT molecular complexity index is 1590. The van der Waals surface area contributed by atoms with E-state index in [4.69, 9.17) is 5.79 Å². The van der Waals surface area contributed by atoms with Crippen LogP contribution in [0.1, 0.15) is 1.37 Å². The van der Waals surface area contributed by atoms with Gasteiger partial charge in [-0.15, -0.1) is 54.1 Å². The topological polar surface area (TPSA) is 38.9 Å². The molecule has 0 aliphatic carbocycles. The Labute approximate surface area is 228 Å². The molecule has 0 bridgehead atoms. The second kappa shape index (κ2) is 11.1. The third kappa shape index (κ3) is 5.39. The summed E-state index contributed by atoms with van der Waals surface area (Å²) in [7, 11) is -1.50. The zero-order valence-electron chi connectivity index (χ0n) is 21.4. The molecular weight excluding hydrogens is 637 g/mol. The first-order valence-electron chi connectivity index (χ1n) is 12.1. The molecule has 0 saturated heterocycles. The molecule has 0 fully saturated rings. The molecule has 3 aromatic heterocycles. The molecule has 0 amide bonds. The number of nitrogens with zero attached hydrogens (tertiary/aromatic N) is 2. The van der Waals surface area contributed by atoms with E-state index in [0.717, 1.165) is 39.1 Å². The van der Waals surface area contributed by atoms with Crippen molar-refractivity contribution in [2.24, 2.45) is 0 Å². The third-order valence-electron chi connectivity index (χ3n) is 5.78. The van der Waals surface area contributed by atoms with Gasteiger partial charge in [-0.3, -0.25) is 0 Å². The fourth-order valence-electron chi connectivity index (χ4n) is 4.14. The van der Waals surface area contributed by atoms with Crippen molar-refractivity contribution in [1.82, 2.24) is 9.97 Å². The first-order chi connectivity index (χ1) is 17.4. The van der Waals surface area contributed by atoms with Gasteiger partial charge in [-0.1, -0.05) is 72.2 Å². The first-order valence-corrected chi connectivity index (χ1v) is 15.1. The Balaban J connectivity index is 0.000000208. The van der Waals surface area contributed by atoms with E-state index in [1.165, 1.54) is 10.6 Å². The van der Waals surface area contributed by atoms with Crippen LogP contribution in [0.5, 0.6) is 0 Å². The van der Waals surface area contributed by atoms with E-state index in [1.54, 1.807) is 24.5 Å². The average molecular weight is 664 g/mol. The van der Waals surface area contributed by atoms with E-state index in [9.17, 15) is 0 Å². The van der Waals surface area contributed by atoms with Crippen LogP contribution in [0.4, 0.5) is 0 Å². The van der Waals surface area contributed by atoms with Crippen molar-refractivity contribution in [3.05, 3.63) is 115 Å². The van der Waals surface area contributed by atoms with Crippen LogP contribution in [0.3, 0.4) is 0 Å². The van der Waals surface area contributed by atoms with Crippen LogP contribution in [0.15, 0.2) is 108 Å². The maximum Gasteiger partial charge on any atom is 0.120 e. The Morgan fingerprint density at radius 1 is 0.778 bits per heavy atom. The van der Waals surface area contributed by atoms with Crippen molar-refractivity contribution in [3.8, 4) is 22.5 Å². The quantitative estimate of drug-likeness (QED) is 0.145. The van der Waals surface area contributed by atoms with Crippen molar-refractivity contribution in [2.45, 2.75) is 19.6 Å². The van der Waals surface area contributed by atoms with Crippen LogP contribution >= 0.6 is 0 Å². The minimum Gasteiger partial charge on any atom is -0.501 e. The third-order valence-corrected chi connectivity index (χ3v) is 7.81. The van der Waals surface area contributed by atoms with Gasteiger partial charge >= 0.3 is 0 Å². The molecular formula is C31H26IrN2OSi-2. The van der Waals surface area contributed by atoms with Crippen LogP contribution in [-0.2, 0) is 20.1 Å². The van der Waals surface area contributed by atoms with Gasteiger partial charge in [0, 0.05) is 37.9 Å². The Morgan fingerprint density at radius 3 is 2.31 bits per heavy atom. The van der Waals surface area contributed by atoms with E-state index >= 15 is 0 Å². The molecule has 0 aliphatic heterocycles. The molecule has 3 nitrogen and oxygen atoms in total. The largest absolute Gasteiger partial charge is 0.501 e. The maximum absolute atomic E-state index is 7.84. The zero-order chi connectivity index (χ0) is 25.1. The monoisotopic (exact) mass is 664 g/mol. The van der Waals surface area contributed by atoms with Crippen LogP contribution in [0, 0.1) is 12.1 Å². The summed E-state index contributed by atoms with van der Waals surface area (Å²) < 4.78 is 14.0. The molecule has 181 valence electrons. The molecule has 0 atom stereocenters. The SMILES string of the molecule is [2H]c1ccnc(-c2[c-]ccc3c2oc2cccc([Si](C)(C)C)c23)c1.[Ir].[c-]1ccccc1-c1ccccn1. The minimum atomic E-state index is -1.50. The van der Waals surface area contributed by atoms with E-state index in [2.05, 4.69) is 59.9 Å². The predicted molar refractivity (Wildman–Crippen MR) is 147 cm³/mol. The fraction of sp³-hybridized carbons (Fsp3) is 0.0968. The van der Waals surface area contributed by atoms with Crippen LogP contribution < -0.4 is 5.19 Å². The van der Waals surface area contributed by atoms with Gasteiger partial charge in [0.05, 0.1) is 15.0 Å². The number of hydrogen-bond acceptors (Lipinski definition) is 3. The summed E-state index contributed by atoms with van der Waals surface area (Å²) >= 11 is 0. The Kier molecular flexibility index (Phi) is 7.52. The molecule has 0 saturated carbocycles. The maximum atomic E-state index is 7.84. The van der Waals surface area contributed by atoms with Gasteiger partial charge in [0.15, 0.2) is 0 Å². The summed E-state index contributed by atoms with van der Waals surface area (Å²) in [6.45, 7) is 7.05. The summed E-state index contributed by atoms with van der Waals surface area (Å²) in [5.41, 5.74) is 5.27. The molecule has 6 aromatic rings. The molecule has 0 spiro atoms. The fourth-order valence-corrected chi connectivity index (χ4v) is 5.75. The Hall–Kier alpha value is -3.37. The van der Waals surface area contributed by atoms with Gasteiger partial charge in [0.2, 0.25) is 0 Å². The molecule has 3 heterocycles. The standard InChI is InChI=1S/C20H18NOSi.C11H8N.Ir/c1-23(2,3)18-12-7-11-17-19(18)15-9-6-8-14(20(15)22-17)16-10-4-5-13-21-16;1-2-6-10(7-3-1)11-8-4-5-9-12-11;/h4-7,9-13H,1-3H3;1-6,8-9H;/q2*-1;/i4D;;. The van der Waals surface area contributed by atoms with Crippen molar-refractivity contribution in [1.29, 1.82) is 0 Å². The molecule has 36 heavy (non-hydrogen) atoms. The number of benzene rings is 3. The molecule has 0 unspecified atom stereocenters. The van der Waals surface area contributed by atoms with Gasteiger partial charge in [0.25, 0.3) is 0 Å². The number of pyridine rings is 2. The van der Waals surface area contributed by atoms with E-state index in [-0.39, 0.29) is 20.1 Å². The Morgan fingerprint density at radius 2 is 1.58 bits per heavy atom. The smallest absolute Gasteiger partial charge is 0.120 e. The minimum absolute atomic E-state index is 0. The van der Waals surface area contributed by atoms with Crippen LogP contribution in [0.25, 0.3) is 44.5 Å². The second-order valence-corrected chi connectivity index (χ2v) is 14.3. The zero-order valence-corrected chi connectivity index (χ0v) is 23.8.